The van der Waals surface area contributed by atoms with E-state index in [4.69, 9.17) is 9.47 Å². The summed E-state index contributed by atoms with van der Waals surface area (Å²) in [5.74, 6) is 0. The van der Waals surface area contributed by atoms with Crippen LogP contribution >= 0.6 is 11.3 Å². The topological polar surface area (TPSA) is 51.6 Å². The highest BCUT2D eigenvalue weighted by atomic mass is 32.1. The fraction of sp³-hybridized carbons (Fsp3) is 0.500. The van der Waals surface area contributed by atoms with E-state index in [2.05, 4.69) is 4.98 Å². The number of alkyl halides is 3. The Morgan fingerprint density at radius 1 is 1.27 bits per heavy atom. The second-order valence-electron chi connectivity index (χ2n) is 6.19. The Morgan fingerprint density at radius 2 is 2.00 bits per heavy atom. The first-order valence-electron chi connectivity index (χ1n) is 8.36. The number of nitrogens with zero attached hydrogens (tertiary/aromatic N) is 1. The third-order valence-corrected chi connectivity index (χ3v) is 5.56. The smallest absolute Gasteiger partial charge is 0.390 e. The predicted molar refractivity (Wildman–Crippen MR) is 92.2 cm³/mol. The van der Waals surface area contributed by atoms with Gasteiger partial charge in [-0.2, -0.15) is 13.2 Å². The Bertz CT molecular complexity index is 724. The maximum Gasteiger partial charge on any atom is 0.416 e. The lowest BCUT2D eigenvalue weighted by Crippen LogP contribution is -2.38. The molecular formula is C18H20F3NO3S. The Balaban J connectivity index is 1.65. The molecule has 1 aromatic carbocycles. The summed E-state index contributed by atoms with van der Waals surface area (Å²) in [5, 5.41) is 10.9. The molecule has 0 aliphatic carbocycles. The van der Waals surface area contributed by atoms with Gasteiger partial charge in [0.1, 0.15) is 11.1 Å². The van der Waals surface area contributed by atoms with E-state index in [0.29, 0.717) is 43.2 Å². The summed E-state index contributed by atoms with van der Waals surface area (Å²) < 4.78 is 48.8. The lowest BCUT2D eigenvalue weighted by atomic mass is 10.1. The molecule has 1 aromatic heterocycles. The number of benzene rings is 1. The van der Waals surface area contributed by atoms with Crippen LogP contribution in [0, 0.1) is 6.92 Å². The van der Waals surface area contributed by atoms with Crippen LogP contribution in [0.5, 0.6) is 0 Å². The molecule has 2 atom stereocenters. The van der Waals surface area contributed by atoms with Crippen molar-refractivity contribution in [1.82, 2.24) is 4.98 Å². The Morgan fingerprint density at radius 3 is 2.62 bits per heavy atom. The first-order valence-corrected chi connectivity index (χ1v) is 9.17. The summed E-state index contributed by atoms with van der Waals surface area (Å²) >= 11 is 1.44. The van der Waals surface area contributed by atoms with Crippen LogP contribution in [0.4, 0.5) is 13.2 Å². The van der Waals surface area contributed by atoms with Crippen LogP contribution in [-0.2, 0) is 22.1 Å². The van der Waals surface area contributed by atoms with Gasteiger partial charge in [0.25, 0.3) is 0 Å². The van der Waals surface area contributed by atoms with Crippen LogP contribution in [0.3, 0.4) is 0 Å². The van der Waals surface area contributed by atoms with Crippen LogP contribution in [0.1, 0.15) is 22.6 Å². The van der Waals surface area contributed by atoms with Gasteiger partial charge in [0.05, 0.1) is 37.2 Å². The van der Waals surface area contributed by atoms with Crippen molar-refractivity contribution in [3.63, 3.8) is 0 Å². The Kier molecular flexibility index (Phi) is 5.96. The molecule has 2 heterocycles. The van der Waals surface area contributed by atoms with Crippen molar-refractivity contribution < 1.29 is 27.8 Å². The zero-order chi connectivity index (χ0) is 18.7. The number of rotatable bonds is 5. The van der Waals surface area contributed by atoms with Gasteiger partial charge in [0.2, 0.25) is 0 Å². The molecular weight excluding hydrogens is 367 g/mol. The molecule has 0 saturated carbocycles. The molecule has 0 spiro atoms. The van der Waals surface area contributed by atoms with E-state index in [0.717, 1.165) is 22.7 Å². The first kappa shape index (κ1) is 19.3. The molecule has 26 heavy (non-hydrogen) atoms. The van der Waals surface area contributed by atoms with Crippen molar-refractivity contribution in [2.75, 3.05) is 19.8 Å². The van der Waals surface area contributed by atoms with E-state index >= 15 is 0 Å². The van der Waals surface area contributed by atoms with Crippen molar-refractivity contribution >= 4 is 11.3 Å². The number of aliphatic hydroxyl groups excluding tert-OH is 1. The fourth-order valence-electron chi connectivity index (χ4n) is 2.78. The average molecular weight is 387 g/mol. The summed E-state index contributed by atoms with van der Waals surface area (Å²) in [4.78, 5) is 5.47. The maximum atomic E-state index is 12.7. The Hall–Kier alpha value is -1.48. The lowest BCUT2D eigenvalue weighted by molar-refractivity contribution is -0.137. The van der Waals surface area contributed by atoms with Gasteiger partial charge in [-0.3, -0.25) is 0 Å². The zero-order valence-electron chi connectivity index (χ0n) is 14.3. The highest BCUT2D eigenvalue weighted by molar-refractivity contribution is 7.15. The van der Waals surface area contributed by atoms with E-state index in [1.165, 1.54) is 23.5 Å². The molecule has 3 rings (SSSR count). The largest absolute Gasteiger partial charge is 0.416 e. The van der Waals surface area contributed by atoms with Gasteiger partial charge < -0.3 is 14.6 Å². The van der Waals surface area contributed by atoms with Crippen LogP contribution in [0.25, 0.3) is 10.6 Å². The van der Waals surface area contributed by atoms with Gasteiger partial charge in [-0.25, -0.2) is 4.98 Å². The van der Waals surface area contributed by atoms with Gasteiger partial charge in [0.15, 0.2) is 0 Å². The second kappa shape index (κ2) is 8.04. The number of aromatic nitrogens is 1. The molecule has 8 heteroatoms. The van der Waals surface area contributed by atoms with Gasteiger partial charge >= 0.3 is 6.18 Å². The third kappa shape index (κ3) is 4.62. The molecule has 0 bridgehead atoms. The van der Waals surface area contributed by atoms with Crippen molar-refractivity contribution in [3.8, 4) is 10.6 Å². The quantitative estimate of drug-likeness (QED) is 0.847. The zero-order valence-corrected chi connectivity index (χ0v) is 15.1. The fourth-order valence-corrected chi connectivity index (χ4v) is 3.86. The number of ether oxygens (including phenoxy) is 2. The van der Waals surface area contributed by atoms with Crippen LogP contribution in [0.15, 0.2) is 24.3 Å². The van der Waals surface area contributed by atoms with E-state index in [1.54, 1.807) is 0 Å². The van der Waals surface area contributed by atoms with Crippen LogP contribution in [-0.4, -0.2) is 42.1 Å². The van der Waals surface area contributed by atoms with Gasteiger partial charge in [-0.05, 0) is 31.9 Å². The van der Waals surface area contributed by atoms with Crippen LogP contribution in [0.2, 0.25) is 0 Å². The average Bonchev–Trinajstić information content (AvgIpc) is 3.00. The summed E-state index contributed by atoms with van der Waals surface area (Å²) in [5.41, 5.74) is 0.812. The molecule has 2 aromatic rings. The summed E-state index contributed by atoms with van der Waals surface area (Å²) in [6.45, 7) is 3.29. The highest BCUT2D eigenvalue weighted by Gasteiger charge is 2.30. The standard InChI is InChI=1S/C18H20F3NO3S/c1-11-16(7-6-14(23)15-10-24-8-9-25-15)26-17(22-11)12-2-4-13(5-3-12)18(19,20)21/h2-5,14-15,23H,6-10H2,1H3. The van der Waals surface area contributed by atoms with Crippen molar-refractivity contribution in [2.45, 2.75) is 38.1 Å². The predicted octanol–water partition coefficient (Wildman–Crippen LogP) is 3.85. The molecule has 1 fully saturated rings. The lowest BCUT2D eigenvalue weighted by Gasteiger charge is -2.27. The monoisotopic (exact) mass is 387 g/mol. The third-order valence-electron chi connectivity index (χ3n) is 4.29. The SMILES string of the molecule is Cc1nc(-c2ccc(C(F)(F)F)cc2)sc1CCC(O)C1COCCO1. The van der Waals surface area contributed by atoms with E-state index in [-0.39, 0.29) is 6.10 Å². The van der Waals surface area contributed by atoms with Crippen molar-refractivity contribution in [2.24, 2.45) is 0 Å². The number of aliphatic hydroxyl groups is 1. The normalized spacial score (nSPS) is 19.5. The highest BCUT2D eigenvalue weighted by Crippen LogP contribution is 2.33. The summed E-state index contributed by atoms with van der Waals surface area (Å²) in [6, 6.07) is 5.01. The molecule has 2 unspecified atom stereocenters. The Labute approximate surface area is 153 Å². The number of aryl methyl sites for hydroxylation is 2. The van der Waals surface area contributed by atoms with Crippen molar-refractivity contribution in [3.05, 3.63) is 40.4 Å². The van der Waals surface area contributed by atoms with Gasteiger partial charge in [-0.15, -0.1) is 11.3 Å². The number of hydrogen-bond acceptors (Lipinski definition) is 5. The van der Waals surface area contributed by atoms with E-state index in [9.17, 15) is 18.3 Å². The number of hydrogen-bond donors (Lipinski definition) is 1. The molecule has 0 radical (unpaired) electrons. The first-order chi connectivity index (χ1) is 12.3. The van der Waals surface area contributed by atoms with Gasteiger partial charge in [0, 0.05) is 10.4 Å². The van der Waals surface area contributed by atoms with Crippen LogP contribution < -0.4 is 0 Å². The molecule has 1 aliphatic heterocycles. The number of halogens is 3. The maximum absolute atomic E-state index is 12.7. The van der Waals surface area contributed by atoms with Gasteiger partial charge in [-0.1, -0.05) is 12.1 Å². The molecule has 4 nitrogen and oxygen atoms in total. The minimum atomic E-state index is -4.34. The number of thiazole rings is 1. The van der Waals surface area contributed by atoms with E-state index < -0.39 is 17.8 Å². The molecule has 1 saturated heterocycles. The molecule has 1 N–H and O–H groups in total. The molecule has 142 valence electrons. The van der Waals surface area contributed by atoms with Crippen molar-refractivity contribution in [1.29, 1.82) is 0 Å². The minimum absolute atomic E-state index is 0.314. The minimum Gasteiger partial charge on any atom is -0.390 e. The molecule has 0 amide bonds. The van der Waals surface area contributed by atoms with E-state index in [1.807, 2.05) is 6.92 Å². The second-order valence-corrected chi connectivity index (χ2v) is 7.28. The summed E-state index contributed by atoms with van der Waals surface area (Å²) in [6.07, 6.45) is -4.13. The summed E-state index contributed by atoms with van der Waals surface area (Å²) in [7, 11) is 0. The molecule has 1 aliphatic rings.